The largest absolute Gasteiger partial charge is 0.330 e. The summed E-state index contributed by atoms with van der Waals surface area (Å²) in [6.45, 7) is 7.36. The van der Waals surface area contributed by atoms with Gasteiger partial charge in [-0.15, -0.1) is 0 Å². The van der Waals surface area contributed by atoms with Gasteiger partial charge in [0.25, 0.3) is 0 Å². The summed E-state index contributed by atoms with van der Waals surface area (Å²) >= 11 is 0. The van der Waals surface area contributed by atoms with Crippen molar-refractivity contribution < 1.29 is 0 Å². The van der Waals surface area contributed by atoms with Crippen LogP contribution in [0, 0.1) is 0 Å². The lowest BCUT2D eigenvalue weighted by Gasteiger charge is -2.23. The highest BCUT2D eigenvalue weighted by atomic mass is 15.5. The summed E-state index contributed by atoms with van der Waals surface area (Å²) in [5.74, 6) is 0. The van der Waals surface area contributed by atoms with Gasteiger partial charge in [-0.1, -0.05) is 6.92 Å². The van der Waals surface area contributed by atoms with Gasteiger partial charge in [-0.3, -0.25) is 5.43 Å². The fourth-order valence-electron chi connectivity index (χ4n) is 1.45. The molecule has 0 aromatic carbocycles. The molecule has 4 nitrogen and oxygen atoms in total. The molecule has 0 rings (SSSR count). The molecule has 0 spiro atoms. The van der Waals surface area contributed by atoms with Gasteiger partial charge in [0, 0.05) is 19.6 Å². The van der Waals surface area contributed by atoms with Gasteiger partial charge >= 0.3 is 0 Å². The Balaban J connectivity index is 3.47. The van der Waals surface area contributed by atoms with Crippen molar-refractivity contribution in [1.29, 1.82) is 0 Å². The Morgan fingerprint density at radius 3 is 2.33 bits per heavy atom. The van der Waals surface area contributed by atoms with Crippen LogP contribution >= 0.6 is 0 Å². The van der Waals surface area contributed by atoms with Crippen molar-refractivity contribution in [2.24, 2.45) is 5.73 Å². The minimum absolute atomic E-state index is 0.777. The molecule has 0 aromatic rings. The van der Waals surface area contributed by atoms with Gasteiger partial charge in [-0.05, 0) is 46.4 Å². The average Bonchev–Trinajstić information content (AvgIpc) is 2.20. The first-order valence-corrected chi connectivity index (χ1v) is 6.04. The van der Waals surface area contributed by atoms with Crippen molar-refractivity contribution in [1.82, 2.24) is 15.3 Å². The SMILES string of the molecule is CCCN(CCCN)NCCCN(C)C. The molecule has 0 fully saturated rings. The van der Waals surface area contributed by atoms with Crippen LogP contribution in [0.4, 0.5) is 0 Å². The highest BCUT2D eigenvalue weighted by molar-refractivity contribution is 4.54. The normalized spacial score (nSPS) is 11.6. The van der Waals surface area contributed by atoms with E-state index in [2.05, 4.69) is 36.4 Å². The zero-order valence-electron chi connectivity index (χ0n) is 10.6. The lowest BCUT2D eigenvalue weighted by atomic mass is 10.4. The molecule has 4 heteroatoms. The van der Waals surface area contributed by atoms with Crippen LogP contribution in [0.3, 0.4) is 0 Å². The molecule has 0 atom stereocenters. The number of hydrogen-bond donors (Lipinski definition) is 2. The van der Waals surface area contributed by atoms with Crippen molar-refractivity contribution >= 4 is 0 Å². The molecule has 0 bridgehead atoms. The lowest BCUT2D eigenvalue weighted by Crippen LogP contribution is -2.41. The van der Waals surface area contributed by atoms with Crippen LogP contribution in [0.2, 0.25) is 0 Å². The molecule has 15 heavy (non-hydrogen) atoms. The molecule has 0 saturated heterocycles. The zero-order valence-corrected chi connectivity index (χ0v) is 10.6. The van der Waals surface area contributed by atoms with E-state index in [9.17, 15) is 0 Å². The Morgan fingerprint density at radius 1 is 1.07 bits per heavy atom. The van der Waals surface area contributed by atoms with Gasteiger partial charge in [0.2, 0.25) is 0 Å². The second-order valence-corrected chi connectivity index (χ2v) is 4.19. The molecular weight excluding hydrogens is 188 g/mol. The molecule has 0 heterocycles. The van der Waals surface area contributed by atoms with Crippen LogP contribution in [0.25, 0.3) is 0 Å². The predicted molar refractivity (Wildman–Crippen MR) is 66.7 cm³/mol. The highest BCUT2D eigenvalue weighted by Gasteiger charge is 2.01. The second kappa shape index (κ2) is 10.4. The molecule has 3 N–H and O–H groups in total. The average molecular weight is 216 g/mol. The van der Waals surface area contributed by atoms with Crippen molar-refractivity contribution in [2.75, 3.05) is 46.8 Å². The molecule has 92 valence electrons. The number of rotatable bonds is 10. The van der Waals surface area contributed by atoms with Gasteiger partial charge in [0.15, 0.2) is 0 Å². The van der Waals surface area contributed by atoms with Crippen LogP contribution in [-0.4, -0.2) is 56.7 Å². The van der Waals surface area contributed by atoms with E-state index in [0.717, 1.165) is 39.1 Å². The van der Waals surface area contributed by atoms with E-state index >= 15 is 0 Å². The van der Waals surface area contributed by atoms with E-state index < -0.39 is 0 Å². The van der Waals surface area contributed by atoms with E-state index in [-0.39, 0.29) is 0 Å². The summed E-state index contributed by atoms with van der Waals surface area (Å²) in [6.07, 6.45) is 3.45. The first kappa shape index (κ1) is 14.8. The Morgan fingerprint density at radius 2 is 1.80 bits per heavy atom. The Hall–Kier alpha value is -0.160. The van der Waals surface area contributed by atoms with Crippen molar-refractivity contribution in [3.8, 4) is 0 Å². The summed E-state index contributed by atoms with van der Waals surface area (Å²) in [6, 6.07) is 0. The van der Waals surface area contributed by atoms with Crippen LogP contribution in [0.1, 0.15) is 26.2 Å². The van der Waals surface area contributed by atoms with Crippen molar-refractivity contribution in [3.63, 3.8) is 0 Å². The Kier molecular flexibility index (Phi) is 10.3. The lowest BCUT2D eigenvalue weighted by molar-refractivity contribution is 0.182. The minimum atomic E-state index is 0.777. The third kappa shape index (κ3) is 10.1. The van der Waals surface area contributed by atoms with Gasteiger partial charge in [-0.2, -0.15) is 0 Å². The maximum absolute atomic E-state index is 5.51. The van der Waals surface area contributed by atoms with Crippen molar-refractivity contribution in [3.05, 3.63) is 0 Å². The molecular formula is C11H28N4. The predicted octanol–water partition coefficient (Wildman–Crippen LogP) is 0.504. The topological polar surface area (TPSA) is 44.5 Å². The highest BCUT2D eigenvalue weighted by Crippen LogP contribution is 1.90. The number of nitrogens with two attached hydrogens (primary N) is 1. The molecule has 0 unspecified atom stereocenters. The molecule has 0 saturated carbocycles. The number of nitrogens with zero attached hydrogens (tertiary/aromatic N) is 2. The summed E-state index contributed by atoms with van der Waals surface area (Å²) in [5.41, 5.74) is 8.97. The number of hydrogen-bond acceptors (Lipinski definition) is 4. The second-order valence-electron chi connectivity index (χ2n) is 4.19. The molecule has 0 amide bonds. The Labute approximate surface area is 94.8 Å². The quantitative estimate of drug-likeness (QED) is 0.412. The van der Waals surface area contributed by atoms with E-state index in [1.807, 2.05) is 0 Å². The van der Waals surface area contributed by atoms with Crippen LogP contribution < -0.4 is 11.2 Å². The summed E-state index contributed by atoms with van der Waals surface area (Å²) in [7, 11) is 4.22. The van der Waals surface area contributed by atoms with E-state index in [0.29, 0.717) is 0 Å². The fraction of sp³-hybridized carbons (Fsp3) is 1.00. The maximum atomic E-state index is 5.51. The van der Waals surface area contributed by atoms with Crippen LogP contribution in [0.15, 0.2) is 0 Å². The van der Waals surface area contributed by atoms with Crippen LogP contribution in [0.5, 0.6) is 0 Å². The van der Waals surface area contributed by atoms with Gasteiger partial charge in [-0.25, -0.2) is 5.01 Å². The number of hydrazine groups is 1. The standard InChI is InChI=1S/C11H28N4/c1-4-9-15(11-5-7-12)13-8-6-10-14(2)3/h13H,4-12H2,1-3H3. The summed E-state index contributed by atoms with van der Waals surface area (Å²) < 4.78 is 0. The zero-order chi connectivity index (χ0) is 11.5. The summed E-state index contributed by atoms with van der Waals surface area (Å²) in [5, 5.41) is 2.29. The smallest absolute Gasteiger partial charge is 0.0143 e. The molecule has 0 aliphatic heterocycles. The van der Waals surface area contributed by atoms with Gasteiger partial charge < -0.3 is 10.6 Å². The van der Waals surface area contributed by atoms with E-state index in [1.165, 1.54) is 12.8 Å². The monoisotopic (exact) mass is 216 g/mol. The third-order valence-electron chi connectivity index (χ3n) is 2.24. The van der Waals surface area contributed by atoms with Crippen molar-refractivity contribution in [2.45, 2.75) is 26.2 Å². The molecule has 0 radical (unpaired) electrons. The maximum Gasteiger partial charge on any atom is 0.0143 e. The molecule has 0 aliphatic rings. The van der Waals surface area contributed by atoms with Crippen LogP contribution in [-0.2, 0) is 0 Å². The number of nitrogens with one attached hydrogen (secondary N) is 1. The van der Waals surface area contributed by atoms with Gasteiger partial charge in [0.05, 0.1) is 0 Å². The summed E-state index contributed by atoms with van der Waals surface area (Å²) in [4.78, 5) is 2.21. The van der Waals surface area contributed by atoms with E-state index in [1.54, 1.807) is 0 Å². The third-order valence-corrected chi connectivity index (χ3v) is 2.24. The fourth-order valence-corrected chi connectivity index (χ4v) is 1.45. The van der Waals surface area contributed by atoms with E-state index in [4.69, 9.17) is 5.73 Å². The molecule has 0 aliphatic carbocycles. The Bertz CT molecular complexity index is 128. The minimum Gasteiger partial charge on any atom is -0.330 e. The van der Waals surface area contributed by atoms with Gasteiger partial charge in [0.1, 0.15) is 0 Å². The first-order valence-electron chi connectivity index (χ1n) is 6.04. The molecule has 0 aromatic heterocycles. The first-order chi connectivity index (χ1) is 7.20.